The maximum atomic E-state index is 11.1. The molecule has 5 heteroatoms. The molecule has 0 bridgehead atoms. The first-order valence-corrected chi connectivity index (χ1v) is 7.64. The van der Waals surface area contributed by atoms with Crippen LogP contribution >= 0.6 is 11.3 Å². The smallest absolute Gasteiger partial charge is 0.186 e. The number of carbonyl (C=O) groups excluding carboxylic acids is 1. The zero-order valence-corrected chi connectivity index (χ0v) is 12.9. The summed E-state index contributed by atoms with van der Waals surface area (Å²) in [5.41, 5.74) is 0.768. The van der Waals surface area contributed by atoms with Crippen LogP contribution in [0.4, 0.5) is 5.13 Å². The van der Waals surface area contributed by atoms with Crippen molar-refractivity contribution in [1.82, 2.24) is 4.98 Å². The van der Waals surface area contributed by atoms with E-state index in [2.05, 4.69) is 37.6 Å². The van der Waals surface area contributed by atoms with Crippen molar-refractivity contribution in [2.45, 2.75) is 52.2 Å². The minimum absolute atomic E-state index is 0.171. The number of aldehydes is 1. The van der Waals surface area contributed by atoms with Gasteiger partial charge >= 0.3 is 0 Å². The number of hydrogen-bond donors (Lipinski definition) is 0. The Morgan fingerprint density at radius 2 is 2.32 bits per heavy atom. The molecule has 1 atom stereocenters. The first-order valence-electron chi connectivity index (χ1n) is 6.83. The van der Waals surface area contributed by atoms with Crippen molar-refractivity contribution in [2.24, 2.45) is 0 Å². The lowest BCUT2D eigenvalue weighted by Gasteiger charge is -2.41. The quantitative estimate of drug-likeness (QED) is 0.796. The van der Waals surface area contributed by atoms with Crippen molar-refractivity contribution in [3.05, 3.63) is 10.6 Å². The number of nitrogens with zero attached hydrogens (tertiary/aromatic N) is 2. The molecule has 4 nitrogen and oxygen atoms in total. The summed E-state index contributed by atoms with van der Waals surface area (Å²) in [5, 5.41) is 0.953. The van der Waals surface area contributed by atoms with Crippen molar-refractivity contribution in [2.75, 3.05) is 18.0 Å². The number of aromatic nitrogens is 1. The van der Waals surface area contributed by atoms with E-state index in [0.717, 1.165) is 47.9 Å². The Kier molecular flexibility index (Phi) is 4.26. The number of thiazole rings is 1. The van der Waals surface area contributed by atoms with Crippen LogP contribution in [-0.4, -0.2) is 36.1 Å². The molecular weight excluding hydrogens is 260 g/mol. The third-order valence-corrected chi connectivity index (χ3v) is 4.23. The molecule has 1 aliphatic heterocycles. The monoisotopic (exact) mass is 282 g/mol. The van der Waals surface area contributed by atoms with Crippen LogP contribution in [0.5, 0.6) is 0 Å². The van der Waals surface area contributed by atoms with E-state index in [1.54, 1.807) is 0 Å². The molecule has 1 fully saturated rings. The fourth-order valence-corrected chi connectivity index (χ4v) is 3.53. The summed E-state index contributed by atoms with van der Waals surface area (Å²) < 4.78 is 5.90. The van der Waals surface area contributed by atoms with Gasteiger partial charge in [0, 0.05) is 13.1 Å². The normalized spacial score (nSPS) is 22.5. The summed E-state index contributed by atoms with van der Waals surface area (Å²) in [7, 11) is 0. The van der Waals surface area contributed by atoms with Gasteiger partial charge in [-0.2, -0.15) is 0 Å². The summed E-state index contributed by atoms with van der Waals surface area (Å²) in [6.07, 6.45) is 2.99. The molecule has 1 aromatic rings. The molecule has 1 aromatic heterocycles. The Bertz CT molecular complexity index is 456. The molecule has 106 valence electrons. The largest absolute Gasteiger partial charge is 0.369 e. The van der Waals surface area contributed by atoms with E-state index in [4.69, 9.17) is 4.74 Å². The standard InChI is InChI=1S/C14H22N2O2S/c1-5-6-11-12(8-17)19-13(15-11)16-7-10(2)18-14(3,4)9-16/h8,10H,5-7,9H2,1-4H3. The molecule has 2 heterocycles. The van der Waals surface area contributed by atoms with Crippen LogP contribution in [0.3, 0.4) is 0 Å². The van der Waals surface area contributed by atoms with E-state index in [1.165, 1.54) is 11.3 Å². The first kappa shape index (κ1) is 14.5. The van der Waals surface area contributed by atoms with Crippen molar-refractivity contribution < 1.29 is 9.53 Å². The number of rotatable bonds is 4. The van der Waals surface area contributed by atoms with Crippen molar-refractivity contribution in [3.63, 3.8) is 0 Å². The number of aryl methyl sites for hydroxylation is 1. The SMILES string of the molecule is CCCc1nc(N2CC(C)OC(C)(C)C2)sc1C=O. The molecule has 1 unspecified atom stereocenters. The van der Waals surface area contributed by atoms with Gasteiger partial charge in [-0.15, -0.1) is 0 Å². The van der Waals surface area contributed by atoms with Gasteiger partial charge in [-0.1, -0.05) is 24.7 Å². The first-order chi connectivity index (χ1) is 8.95. The molecule has 2 rings (SSSR count). The highest BCUT2D eigenvalue weighted by Crippen LogP contribution is 2.31. The molecule has 0 amide bonds. The highest BCUT2D eigenvalue weighted by Gasteiger charge is 2.33. The van der Waals surface area contributed by atoms with Gasteiger partial charge in [0.25, 0.3) is 0 Å². The fraction of sp³-hybridized carbons (Fsp3) is 0.714. The molecule has 0 saturated carbocycles. The second-order valence-corrected chi connectivity index (χ2v) is 6.75. The van der Waals surface area contributed by atoms with Gasteiger partial charge in [-0.25, -0.2) is 4.98 Å². The van der Waals surface area contributed by atoms with Gasteiger partial charge in [0.1, 0.15) is 0 Å². The molecule has 19 heavy (non-hydrogen) atoms. The Hall–Kier alpha value is -0.940. The number of carbonyl (C=O) groups is 1. The van der Waals surface area contributed by atoms with E-state index in [-0.39, 0.29) is 11.7 Å². The third-order valence-electron chi connectivity index (χ3n) is 3.15. The minimum Gasteiger partial charge on any atom is -0.369 e. The molecule has 1 saturated heterocycles. The fourth-order valence-electron chi connectivity index (χ4n) is 2.59. The lowest BCUT2D eigenvalue weighted by molar-refractivity contribution is -0.0749. The van der Waals surface area contributed by atoms with Crippen molar-refractivity contribution in [3.8, 4) is 0 Å². The number of anilines is 1. The van der Waals surface area contributed by atoms with E-state index >= 15 is 0 Å². The van der Waals surface area contributed by atoms with Gasteiger partial charge in [0.05, 0.1) is 22.3 Å². The van der Waals surface area contributed by atoms with Crippen LogP contribution in [-0.2, 0) is 11.2 Å². The van der Waals surface area contributed by atoms with Gasteiger partial charge < -0.3 is 9.64 Å². The number of morpholine rings is 1. The van der Waals surface area contributed by atoms with Gasteiger partial charge in [0.15, 0.2) is 11.4 Å². The topological polar surface area (TPSA) is 42.4 Å². The Morgan fingerprint density at radius 3 is 2.89 bits per heavy atom. The van der Waals surface area contributed by atoms with E-state index in [1.807, 2.05) is 0 Å². The zero-order chi connectivity index (χ0) is 14.0. The Labute approximate surface area is 118 Å². The van der Waals surface area contributed by atoms with Crippen molar-refractivity contribution in [1.29, 1.82) is 0 Å². The van der Waals surface area contributed by atoms with Gasteiger partial charge in [-0.3, -0.25) is 4.79 Å². The molecular formula is C14H22N2O2S. The van der Waals surface area contributed by atoms with Crippen molar-refractivity contribution >= 4 is 22.8 Å². The van der Waals surface area contributed by atoms with Crippen LogP contribution in [0.2, 0.25) is 0 Å². The lowest BCUT2D eigenvalue weighted by atomic mass is 10.1. The van der Waals surface area contributed by atoms with Crippen LogP contribution in [0.25, 0.3) is 0 Å². The summed E-state index contributed by atoms with van der Waals surface area (Å²) in [6, 6.07) is 0. The maximum absolute atomic E-state index is 11.1. The Morgan fingerprint density at radius 1 is 1.58 bits per heavy atom. The van der Waals surface area contributed by atoms with Gasteiger partial charge in [-0.05, 0) is 27.2 Å². The second kappa shape index (κ2) is 5.59. The summed E-state index contributed by atoms with van der Waals surface area (Å²) in [6.45, 7) is 10.0. The van der Waals surface area contributed by atoms with E-state index in [0.29, 0.717) is 0 Å². The average molecular weight is 282 g/mol. The molecule has 0 radical (unpaired) electrons. The highest BCUT2D eigenvalue weighted by atomic mass is 32.1. The zero-order valence-electron chi connectivity index (χ0n) is 12.1. The Balaban J connectivity index is 2.23. The van der Waals surface area contributed by atoms with Crippen LogP contribution in [0.15, 0.2) is 0 Å². The minimum atomic E-state index is -0.171. The van der Waals surface area contributed by atoms with Crippen LogP contribution in [0, 0.1) is 0 Å². The predicted octanol–water partition coefficient (Wildman–Crippen LogP) is 2.91. The van der Waals surface area contributed by atoms with E-state index in [9.17, 15) is 4.79 Å². The third kappa shape index (κ3) is 3.34. The van der Waals surface area contributed by atoms with Crippen LogP contribution in [0.1, 0.15) is 49.5 Å². The maximum Gasteiger partial charge on any atom is 0.186 e. The molecule has 0 aromatic carbocycles. The highest BCUT2D eigenvalue weighted by molar-refractivity contribution is 7.17. The summed E-state index contributed by atoms with van der Waals surface area (Å²) in [4.78, 5) is 18.8. The predicted molar refractivity (Wildman–Crippen MR) is 78.3 cm³/mol. The van der Waals surface area contributed by atoms with Gasteiger partial charge in [0.2, 0.25) is 0 Å². The number of ether oxygens (including phenoxy) is 1. The van der Waals surface area contributed by atoms with Crippen LogP contribution < -0.4 is 4.90 Å². The number of hydrogen-bond acceptors (Lipinski definition) is 5. The molecule has 1 aliphatic rings. The average Bonchev–Trinajstić information content (AvgIpc) is 2.70. The summed E-state index contributed by atoms with van der Waals surface area (Å²) in [5.74, 6) is 0. The summed E-state index contributed by atoms with van der Waals surface area (Å²) >= 11 is 1.50. The van der Waals surface area contributed by atoms with E-state index < -0.39 is 0 Å². The lowest BCUT2D eigenvalue weighted by Crippen LogP contribution is -2.52. The molecule has 0 aliphatic carbocycles. The molecule has 0 N–H and O–H groups in total. The second-order valence-electron chi connectivity index (χ2n) is 5.74. The molecule has 0 spiro atoms.